The van der Waals surface area contributed by atoms with Crippen molar-refractivity contribution in [3.05, 3.63) is 41.2 Å². The molecular weight excluding hydrogens is 306 g/mol. The van der Waals surface area contributed by atoms with Gasteiger partial charge in [-0.2, -0.15) is 5.10 Å². The highest BCUT2D eigenvalue weighted by atomic mass is 35.5. The molecule has 0 bridgehead atoms. The van der Waals surface area contributed by atoms with Gasteiger partial charge in [-0.05, 0) is 23.8 Å². The van der Waals surface area contributed by atoms with Gasteiger partial charge in [0.25, 0.3) is 5.91 Å². The van der Waals surface area contributed by atoms with Crippen LogP contribution in [-0.2, 0) is 22.5 Å². The first-order chi connectivity index (χ1) is 10.7. The van der Waals surface area contributed by atoms with Crippen molar-refractivity contribution in [3.8, 4) is 5.75 Å². The van der Waals surface area contributed by atoms with Crippen molar-refractivity contribution >= 4 is 23.2 Å². The molecule has 0 aliphatic carbocycles. The van der Waals surface area contributed by atoms with Crippen molar-refractivity contribution < 1.29 is 14.3 Å². The maximum absolute atomic E-state index is 12.3. The number of fused-ring (bicyclic) bond motifs is 1. The van der Waals surface area contributed by atoms with Crippen molar-refractivity contribution in [1.82, 2.24) is 9.78 Å². The Kier molecular flexibility index (Phi) is 4.31. The maximum atomic E-state index is 12.3. The summed E-state index contributed by atoms with van der Waals surface area (Å²) in [5.74, 6) is 0.513. The van der Waals surface area contributed by atoms with Crippen LogP contribution < -0.4 is 10.1 Å². The molecule has 0 unspecified atom stereocenters. The van der Waals surface area contributed by atoms with Gasteiger partial charge in [0.05, 0.1) is 25.0 Å². The van der Waals surface area contributed by atoms with Crippen LogP contribution in [0.5, 0.6) is 5.75 Å². The van der Waals surface area contributed by atoms with E-state index < -0.39 is 6.10 Å². The summed E-state index contributed by atoms with van der Waals surface area (Å²) in [5.41, 5.74) is 1.59. The molecule has 2 aromatic rings. The molecular formula is C15H16ClN3O3. The highest BCUT2D eigenvalue weighted by Crippen LogP contribution is 2.31. The summed E-state index contributed by atoms with van der Waals surface area (Å²) in [5, 5.41) is 7.60. The van der Waals surface area contributed by atoms with E-state index in [4.69, 9.17) is 21.1 Å². The van der Waals surface area contributed by atoms with Gasteiger partial charge >= 0.3 is 0 Å². The molecule has 2 heterocycles. The summed E-state index contributed by atoms with van der Waals surface area (Å²) in [6.45, 7) is 1.20. The number of ether oxygens (including phenoxy) is 2. The molecule has 1 atom stereocenters. The zero-order valence-corrected chi connectivity index (χ0v) is 12.8. The lowest BCUT2D eigenvalue weighted by atomic mass is 10.1. The van der Waals surface area contributed by atoms with Crippen LogP contribution in [0.15, 0.2) is 30.6 Å². The van der Waals surface area contributed by atoms with Crippen LogP contribution in [0.2, 0.25) is 5.02 Å². The Morgan fingerprint density at radius 3 is 3.27 bits per heavy atom. The second kappa shape index (κ2) is 6.37. The summed E-state index contributed by atoms with van der Waals surface area (Å²) in [4.78, 5) is 12.3. The molecule has 0 radical (unpaired) electrons. The van der Waals surface area contributed by atoms with Gasteiger partial charge in [0.1, 0.15) is 5.75 Å². The smallest absolute Gasteiger partial charge is 0.265 e. The molecule has 22 heavy (non-hydrogen) atoms. The summed E-state index contributed by atoms with van der Waals surface area (Å²) in [7, 11) is 1.63. The fourth-order valence-electron chi connectivity index (χ4n) is 2.32. The lowest BCUT2D eigenvalue weighted by Crippen LogP contribution is -2.31. The largest absolute Gasteiger partial charge is 0.480 e. The van der Waals surface area contributed by atoms with Crippen molar-refractivity contribution in [3.63, 3.8) is 0 Å². The Labute approximate surface area is 133 Å². The SMILES string of the molecule is COCCn1cc(NC(=O)[C@H]2Cc3cc(Cl)ccc3O2)cn1. The molecule has 116 valence electrons. The number of halogens is 1. The molecule has 0 spiro atoms. The van der Waals surface area contributed by atoms with Gasteiger partial charge in [0.15, 0.2) is 6.10 Å². The number of methoxy groups -OCH3 is 1. The van der Waals surface area contributed by atoms with Gasteiger partial charge < -0.3 is 14.8 Å². The van der Waals surface area contributed by atoms with E-state index >= 15 is 0 Å². The van der Waals surface area contributed by atoms with Crippen LogP contribution in [0.1, 0.15) is 5.56 Å². The van der Waals surface area contributed by atoms with Gasteiger partial charge in [-0.1, -0.05) is 11.6 Å². The van der Waals surface area contributed by atoms with E-state index in [-0.39, 0.29) is 5.91 Å². The highest BCUT2D eigenvalue weighted by molar-refractivity contribution is 6.30. The number of aromatic nitrogens is 2. The molecule has 1 amide bonds. The average molecular weight is 322 g/mol. The summed E-state index contributed by atoms with van der Waals surface area (Å²) in [6.07, 6.45) is 3.33. The number of hydrogen-bond donors (Lipinski definition) is 1. The molecule has 1 aliphatic heterocycles. The third kappa shape index (κ3) is 3.23. The van der Waals surface area contributed by atoms with Crippen LogP contribution in [-0.4, -0.2) is 35.5 Å². The number of amides is 1. The first-order valence-electron chi connectivity index (χ1n) is 6.93. The van der Waals surface area contributed by atoms with E-state index in [1.54, 1.807) is 36.3 Å². The van der Waals surface area contributed by atoms with E-state index in [0.29, 0.717) is 36.0 Å². The van der Waals surface area contributed by atoms with Crippen LogP contribution >= 0.6 is 11.6 Å². The van der Waals surface area contributed by atoms with Gasteiger partial charge in [0, 0.05) is 24.8 Å². The number of nitrogens with zero attached hydrogens (tertiary/aromatic N) is 2. The maximum Gasteiger partial charge on any atom is 0.265 e. The van der Waals surface area contributed by atoms with E-state index in [1.807, 2.05) is 6.07 Å². The van der Waals surface area contributed by atoms with Crippen LogP contribution in [0.3, 0.4) is 0 Å². The monoisotopic (exact) mass is 321 g/mol. The lowest BCUT2D eigenvalue weighted by molar-refractivity contribution is -0.122. The van der Waals surface area contributed by atoms with Crippen LogP contribution in [0.4, 0.5) is 5.69 Å². The number of anilines is 1. The predicted molar refractivity (Wildman–Crippen MR) is 82.3 cm³/mol. The topological polar surface area (TPSA) is 65.4 Å². The first-order valence-corrected chi connectivity index (χ1v) is 7.31. The van der Waals surface area contributed by atoms with Gasteiger partial charge in [-0.3, -0.25) is 9.48 Å². The van der Waals surface area contributed by atoms with Crippen LogP contribution in [0.25, 0.3) is 0 Å². The molecule has 1 aromatic carbocycles. The predicted octanol–water partition coefficient (Wildman–Crippen LogP) is 2.13. The van der Waals surface area contributed by atoms with E-state index in [2.05, 4.69) is 10.4 Å². The zero-order chi connectivity index (χ0) is 15.5. The number of hydrogen-bond acceptors (Lipinski definition) is 4. The number of carbonyl (C=O) groups is 1. The fourth-order valence-corrected chi connectivity index (χ4v) is 2.52. The van der Waals surface area contributed by atoms with E-state index in [9.17, 15) is 4.79 Å². The average Bonchev–Trinajstić information content (AvgIpc) is 3.11. The first kappa shape index (κ1) is 14.9. The Morgan fingerprint density at radius 2 is 2.45 bits per heavy atom. The quantitative estimate of drug-likeness (QED) is 0.916. The van der Waals surface area contributed by atoms with E-state index in [0.717, 1.165) is 5.56 Å². The highest BCUT2D eigenvalue weighted by Gasteiger charge is 2.29. The second-order valence-corrected chi connectivity index (χ2v) is 5.47. The molecule has 1 aromatic heterocycles. The molecule has 0 saturated carbocycles. The normalized spacial score (nSPS) is 16.2. The standard InChI is InChI=1S/C15H16ClN3O3/c1-21-5-4-19-9-12(8-17-19)18-15(20)14-7-10-6-11(16)2-3-13(10)22-14/h2-3,6,8-9,14H,4-5,7H2,1H3,(H,18,20)/t14-/m1/s1. The number of nitrogens with one attached hydrogen (secondary N) is 1. The number of rotatable bonds is 5. The fraction of sp³-hybridized carbons (Fsp3) is 0.333. The third-order valence-corrected chi connectivity index (χ3v) is 3.65. The minimum absolute atomic E-state index is 0.196. The van der Waals surface area contributed by atoms with Gasteiger partial charge in [-0.25, -0.2) is 0 Å². The van der Waals surface area contributed by atoms with Crippen molar-refractivity contribution in [2.45, 2.75) is 19.1 Å². The lowest BCUT2D eigenvalue weighted by Gasteiger charge is -2.09. The minimum atomic E-state index is -0.546. The van der Waals surface area contributed by atoms with Gasteiger partial charge in [-0.15, -0.1) is 0 Å². The Balaban J connectivity index is 1.60. The molecule has 7 heteroatoms. The van der Waals surface area contributed by atoms with Crippen molar-refractivity contribution in [2.75, 3.05) is 19.0 Å². The molecule has 1 N–H and O–H groups in total. The number of benzene rings is 1. The molecule has 0 fully saturated rings. The van der Waals surface area contributed by atoms with Crippen LogP contribution in [0, 0.1) is 0 Å². The summed E-state index contributed by atoms with van der Waals surface area (Å²) >= 11 is 5.95. The van der Waals surface area contributed by atoms with Gasteiger partial charge in [0.2, 0.25) is 0 Å². The summed E-state index contributed by atoms with van der Waals surface area (Å²) in [6, 6.07) is 5.36. The number of carbonyl (C=O) groups excluding carboxylic acids is 1. The molecule has 1 aliphatic rings. The second-order valence-electron chi connectivity index (χ2n) is 5.04. The third-order valence-electron chi connectivity index (χ3n) is 3.41. The van der Waals surface area contributed by atoms with E-state index in [1.165, 1.54) is 0 Å². The minimum Gasteiger partial charge on any atom is -0.480 e. The van der Waals surface area contributed by atoms with Crippen molar-refractivity contribution in [1.29, 1.82) is 0 Å². The van der Waals surface area contributed by atoms with Crippen molar-refractivity contribution in [2.24, 2.45) is 0 Å². The Bertz CT molecular complexity index is 686. The summed E-state index contributed by atoms with van der Waals surface area (Å²) < 4.78 is 12.3. The molecule has 0 saturated heterocycles. The Morgan fingerprint density at radius 1 is 1.59 bits per heavy atom. The Hall–Kier alpha value is -2.05. The molecule has 3 rings (SSSR count). The zero-order valence-electron chi connectivity index (χ0n) is 12.1. The molecule has 6 nitrogen and oxygen atoms in total.